The molecule has 8 heteroatoms. The van der Waals surface area contributed by atoms with Crippen LogP contribution < -0.4 is 9.64 Å². The van der Waals surface area contributed by atoms with Crippen LogP contribution in [-0.4, -0.2) is 77.9 Å². The van der Waals surface area contributed by atoms with Crippen LogP contribution in [0, 0.1) is 0 Å². The first kappa shape index (κ1) is 16.3. The number of urea groups is 1. The standard InChI is InChI=1S/C18H20N5O3/c1-4-11-26-13-7-5-12(6-8-13)22-9-10-23-14-15(19-17(22)23)20(2)18(25)21(3)16(14)24/h4-8,14H,1,9-11H2,2-3H3/q+1. The number of anilines is 1. The minimum atomic E-state index is -0.530. The Hall–Kier alpha value is -3.16. The Morgan fingerprint density at radius 1 is 1.27 bits per heavy atom. The average Bonchev–Trinajstić information content (AvgIpc) is 3.22. The lowest BCUT2D eigenvalue weighted by Crippen LogP contribution is -2.61. The Bertz CT molecular complexity index is 858. The predicted octanol–water partition coefficient (Wildman–Crippen LogP) is 0.744. The Morgan fingerprint density at radius 3 is 2.69 bits per heavy atom. The number of carbonyl (C=O) groups is 2. The van der Waals surface area contributed by atoms with Crippen LogP contribution in [-0.2, 0) is 4.79 Å². The fourth-order valence-corrected chi connectivity index (χ4v) is 3.46. The lowest BCUT2D eigenvalue weighted by Gasteiger charge is -2.31. The molecule has 0 N–H and O–H groups in total. The van der Waals surface area contributed by atoms with Crippen molar-refractivity contribution in [3.63, 3.8) is 0 Å². The summed E-state index contributed by atoms with van der Waals surface area (Å²) in [4.78, 5) is 34.0. The highest BCUT2D eigenvalue weighted by Gasteiger charge is 2.54. The van der Waals surface area contributed by atoms with Gasteiger partial charge < -0.3 is 4.74 Å². The molecular weight excluding hydrogens is 334 g/mol. The Kier molecular flexibility index (Phi) is 3.75. The summed E-state index contributed by atoms with van der Waals surface area (Å²) in [6.45, 7) is 5.49. The van der Waals surface area contributed by atoms with Crippen LogP contribution in [0.4, 0.5) is 10.5 Å². The number of amidine groups is 1. The number of hydrogen-bond acceptors (Lipinski definition) is 5. The van der Waals surface area contributed by atoms with Crippen molar-refractivity contribution < 1.29 is 18.9 Å². The first-order valence-corrected chi connectivity index (χ1v) is 8.41. The van der Waals surface area contributed by atoms with Crippen molar-refractivity contribution >= 4 is 29.4 Å². The van der Waals surface area contributed by atoms with Crippen LogP contribution >= 0.6 is 0 Å². The fourth-order valence-electron chi connectivity index (χ4n) is 3.46. The zero-order chi connectivity index (χ0) is 18.4. The van der Waals surface area contributed by atoms with Crippen molar-refractivity contribution in [3.8, 4) is 5.75 Å². The van der Waals surface area contributed by atoms with E-state index in [-0.39, 0.29) is 11.9 Å². The molecule has 3 aliphatic rings. The summed E-state index contributed by atoms with van der Waals surface area (Å²) >= 11 is 0. The molecular formula is C18H20N5O3+. The summed E-state index contributed by atoms with van der Waals surface area (Å²) in [6.07, 6.45) is 1.70. The van der Waals surface area contributed by atoms with Gasteiger partial charge in [0.2, 0.25) is 11.9 Å². The molecule has 0 radical (unpaired) electrons. The third kappa shape index (κ3) is 2.29. The topological polar surface area (TPSA) is 68.5 Å². The van der Waals surface area contributed by atoms with Crippen LogP contribution in [0.5, 0.6) is 5.75 Å². The van der Waals surface area contributed by atoms with Crippen molar-refractivity contribution in [1.82, 2.24) is 9.80 Å². The molecule has 0 saturated carbocycles. The number of carbonyl (C=O) groups excluding carboxylic acids is 2. The minimum Gasteiger partial charge on any atom is -0.490 e. The van der Waals surface area contributed by atoms with E-state index in [0.29, 0.717) is 24.9 Å². The Morgan fingerprint density at radius 2 is 2.00 bits per heavy atom. The zero-order valence-electron chi connectivity index (χ0n) is 14.8. The molecule has 1 fully saturated rings. The largest absolute Gasteiger partial charge is 0.490 e. The van der Waals surface area contributed by atoms with E-state index in [0.717, 1.165) is 22.9 Å². The van der Waals surface area contributed by atoms with E-state index in [1.807, 2.05) is 33.7 Å². The van der Waals surface area contributed by atoms with Crippen molar-refractivity contribution in [2.75, 3.05) is 38.7 Å². The van der Waals surface area contributed by atoms with Gasteiger partial charge in [-0.25, -0.2) is 14.3 Å². The Labute approximate surface area is 151 Å². The first-order valence-electron chi connectivity index (χ1n) is 8.41. The molecule has 8 nitrogen and oxygen atoms in total. The van der Waals surface area contributed by atoms with E-state index >= 15 is 0 Å². The molecule has 3 aliphatic heterocycles. The van der Waals surface area contributed by atoms with Crippen molar-refractivity contribution in [2.24, 2.45) is 4.99 Å². The summed E-state index contributed by atoms with van der Waals surface area (Å²) in [5.74, 6) is 1.72. The van der Waals surface area contributed by atoms with E-state index < -0.39 is 6.04 Å². The lowest BCUT2D eigenvalue weighted by atomic mass is 10.1. The normalized spacial score (nSPS) is 21.8. The predicted molar refractivity (Wildman–Crippen MR) is 96.8 cm³/mol. The molecule has 4 rings (SSSR count). The van der Waals surface area contributed by atoms with Crippen molar-refractivity contribution in [1.29, 1.82) is 0 Å². The highest BCUT2D eigenvalue weighted by molar-refractivity contribution is 6.24. The molecule has 0 bridgehead atoms. The molecule has 1 saturated heterocycles. The summed E-state index contributed by atoms with van der Waals surface area (Å²) < 4.78 is 7.47. The van der Waals surface area contributed by atoms with Gasteiger partial charge >= 0.3 is 12.0 Å². The van der Waals surface area contributed by atoms with Crippen molar-refractivity contribution in [2.45, 2.75) is 6.04 Å². The molecule has 0 aliphatic carbocycles. The summed E-state index contributed by atoms with van der Waals surface area (Å²) in [5.41, 5.74) is 0.964. The molecule has 3 heterocycles. The quantitative estimate of drug-likeness (QED) is 0.591. The van der Waals surface area contributed by atoms with Crippen LogP contribution in [0.25, 0.3) is 0 Å². The van der Waals surface area contributed by atoms with Gasteiger partial charge in [0.05, 0.1) is 6.54 Å². The number of guanidine groups is 1. The van der Waals surface area contributed by atoms with E-state index in [4.69, 9.17) is 4.74 Å². The maximum absolute atomic E-state index is 12.6. The monoisotopic (exact) mass is 354 g/mol. The number of hydrogen-bond donors (Lipinski definition) is 0. The second kappa shape index (κ2) is 5.98. The van der Waals surface area contributed by atoms with Crippen LogP contribution in [0.15, 0.2) is 41.9 Å². The number of aliphatic imine (C=N–C) groups is 1. The number of fused-ring (bicyclic) bond motifs is 2. The molecule has 0 aromatic heterocycles. The van der Waals surface area contributed by atoms with Gasteiger partial charge in [-0.1, -0.05) is 17.6 Å². The third-order valence-electron chi connectivity index (χ3n) is 4.83. The zero-order valence-corrected chi connectivity index (χ0v) is 14.8. The van der Waals surface area contributed by atoms with Crippen molar-refractivity contribution in [3.05, 3.63) is 36.9 Å². The number of amides is 3. The number of ether oxygens (including phenoxy) is 1. The van der Waals surface area contributed by atoms with E-state index in [1.165, 1.54) is 11.9 Å². The summed E-state index contributed by atoms with van der Waals surface area (Å²) in [7, 11) is 3.15. The van der Waals surface area contributed by atoms with Gasteiger partial charge in [-0.3, -0.25) is 14.6 Å². The first-order chi connectivity index (χ1) is 12.5. The minimum absolute atomic E-state index is 0.239. The van der Waals surface area contributed by atoms with Gasteiger partial charge in [0.25, 0.3) is 5.91 Å². The van der Waals surface area contributed by atoms with Crippen LogP contribution in [0.1, 0.15) is 0 Å². The van der Waals surface area contributed by atoms with Gasteiger partial charge in [-0.15, -0.1) is 0 Å². The van der Waals surface area contributed by atoms with Crippen LogP contribution in [0.2, 0.25) is 0 Å². The third-order valence-corrected chi connectivity index (χ3v) is 4.83. The molecule has 1 aromatic rings. The van der Waals surface area contributed by atoms with Crippen LogP contribution in [0.3, 0.4) is 0 Å². The van der Waals surface area contributed by atoms with E-state index in [9.17, 15) is 9.59 Å². The molecule has 0 spiro atoms. The van der Waals surface area contributed by atoms with Gasteiger partial charge in [0, 0.05) is 14.1 Å². The van der Waals surface area contributed by atoms with Gasteiger partial charge in [-0.05, 0) is 24.3 Å². The van der Waals surface area contributed by atoms with Gasteiger partial charge in [0.1, 0.15) is 24.6 Å². The molecule has 134 valence electrons. The number of nitrogens with zero attached hydrogens (tertiary/aromatic N) is 5. The Balaban J connectivity index is 1.64. The van der Waals surface area contributed by atoms with E-state index in [1.54, 1.807) is 13.1 Å². The maximum Gasteiger partial charge on any atom is 0.397 e. The maximum atomic E-state index is 12.6. The second-order valence-electron chi connectivity index (χ2n) is 6.35. The number of benzene rings is 1. The molecule has 1 atom stereocenters. The second-order valence-corrected chi connectivity index (χ2v) is 6.35. The molecule has 1 aromatic carbocycles. The average molecular weight is 354 g/mol. The smallest absolute Gasteiger partial charge is 0.397 e. The van der Waals surface area contributed by atoms with E-state index in [2.05, 4.69) is 11.6 Å². The lowest BCUT2D eigenvalue weighted by molar-refractivity contribution is -0.525. The fraction of sp³-hybridized carbons (Fsp3) is 0.333. The number of rotatable bonds is 4. The van der Waals surface area contributed by atoms with Gasteiger partial charge in [-0.2, -0.15) is 0 Å². The highest BCUT2D eigenvalue weighted by atomic mass is 16.5. The summed E-state index contributed by atoms with van der Waals surface area (Å²) in [6, 6.07) is 6.82. The van der Waals surface area contributed by atoms with Gasteiger partial charge in [0.15, 0.2) is 0 Å². The summed E-state index contributed by atoms with van der Waals surface area (Å²) in [5, 5.41) is 0. The SMILES string of the molecule is C=CCOc1ccc(N2CC[N+]3=C2N=C2C3C(=O)N(C)C(=O)N2C)cc1. The molecule has 3 amide bonds. The molecule has 1 unspecified atom stereocenters. The highest BCUT2D eigenvalue weighted by Crippen LogP contribution is 2.27. The molecule has 26 heavy (non-hydrogen) atoms. The number of imide groups is 1. The number of likely N-dealkylation sites (N-methyl/N-ethyl adjacent to an activating group) is 2.